The molecule has 1 aliphatic rings. The second-order valence-corrected chi connectivity index (χ2v) is 5.97. The Bertz CT molecular complexity index is 599. The van der Waals surface area contributed by atoms with E-state index in [-0.39, 0.29) is 29.9 Å². The molecule has 1 fully saturated rings. The summed E-state index contributed by atoms with van der Waals surface area (Å²) in [6.07, 6.45) is 1.71. The second kappa shape index (κ2) is 8.07. The van der Waals surface area contributed by atoms with Gasteiger partial charge in [-0.05, 0) is 44.8 Å². The minimum absolute atomic E-state index is 0.109. The number of piperidine rings is 1. The number of aliphatic hydroxyl groups excluding tert-OH is 1. The van der Waals surface area contributed by atoms with Crippen molar-refractivity contribution in [2.75, 3.05) is 32.1 Å². The van der Waals surface area contributed by atoms with Crippen molar-refractivity contribution in [1.29, 1.82) is 0 Å². The number of carbonyl (C=O) groups excluding carboxylic acids is 1. The summed E-state index contributed by atoms with van der Waals surface area (Å²) >= 11 is 0. The Morgan fingerprint density at radius 2 is 2.17 bits per heavy atom. The number of nitro groups is 1. The van der Waals surface area contributed by atoms with Gasteiger partial charge in [-0.15, -0.1) is 0 Å². The van der Waals surface area contributed by atoms with Crippen LogP contribution in [-0.4, -0.2) is 53.7 Å². The van der Waals surface area contributed by atoms with E-state index < -0.39 is 4.92 Å². The van der Waals surface area contributed by atoms with Crippen molar-refractivity contribution < 1.29 is 19.6 Å². The Labute approximate surface area is 140 Å². The van der Waals surface area contributed by atoms with Crippen LogP contribution < -0.4 is 10.1 Å². The molecule has 1 unspecified atom stereocenters. The molecule has 0 radical (unpaired) electrons. The largest absolute Gasteiger partial charge is 0.495 e. The highest BCUT2D eigenvalue weighted by Crippen LogP contribution is 2.29. The molecule has 2 rings (SSSR count). The predicted octanol–water partition coefficient (Wildman–Crippen LogP) is 1.63. The summed E-state index contributed by atoms with van der Waals surface area (Å²) in [5.74, 6) is 0.435. The Morgan fingerprint density at radius 3 is 2.71 bits per heavy atom. The standard InChI is InChI=1S/C16H23N3O5/c1-11(18-7-5-12(10-20)6-8-18)16(21)17-14-9-13(19(22)23)3-4-15(14)24-2/h3-4,9,11-12,20H,5-8,10H2,1-2H3,(H,17,21). The number of likely N-dealkylation sites (tertiary alicyclic amines) is 1. The third kappa shape index (κ3) is 4.21. The van der Waals surface area contributed by atoms with Crippen LogP contribution in [0.4, 0.5) is 11.4 Å². The zero-order chi connectivity index (χ0) is 17.7. The van der Waals surface area contributed by atoms with Crippen LogP contribution in [0.1, 0.15) is 19.8 Å². The van der Waals surface area contributed by atoms with Crippen molar-refractivity contribution in [2.24, 2.45) is 5.92 Å². The van der Waals surface area contributed by atoms with E-state index in [0.29, 0.717) is 11.7 Å². The average Bonchev–Trinajstić information content (AvgIpc) is 2.60. The monoisotopic (exact) mass is 337 g/mol. The van der Waals surface area contributed by atoms with Gasteiger partial charge in [-0.25, -0.2) is 0 Å². The summed E-state index contributed by atoms with van der Waals surface area (Å²) in [4.78, 5) is 24.9. The lowest BCUT2D eigenvalue weighted by Gasteiger charge is -2.34. The molecule has 24 heavy (non-hydrogen) atoms. The van der Waals surface area contributed by atoms with Gasteiger partial charge >= 0.3 is 0 Å². The van der Waals surface area contributed by atoms with E-state index in [0.717, 1.165) is 25.9 Å². The number of carbonyl (C=O) groups is 1. The zero-order valence-corrected chi connectivity index (χ0v) is 13.9. The molecule has 8 heteroatoms. The van der Waals surface area contributed by atoms with Crippen LogP contribution in [0.3, 0.4) is 0 Å². The minimum atomic E-state index is -0.516. The number of ether oxygens (including phenoxy) is 1. The summed E-state index contributed by atoms with van der Waals surface area (Å²) in [6.45, 7) is 3.47. The lowest BCUT2D eigenvalue weighted by atomic mass is 9.97. The Balaban J connectivity index is 2.06. The van der Waals surface area contributed by atoms with Crippen LogP contribution in [0.15, 0.2) is 18.2 Å². The number of aliphatic hydroxyl groups is 1. The Kier molecular flexibility index (Phi) is 6.10. The highest BCUT2D eigenvalue weighted by atomic mass is 16.6. The number of nitrogens with one attached hydrogen (secondary N) is 1. The topological polar surface area (TPSA) is 105 Å². The maximum atomic E-state index is 12.5. The van der Waals surface area contributed by atoms with Crippen molar-refractivity contribution >= 4 is 17.3 Å². The zero-order valence-electron chi connectivity index (χ0n) is 13.9. The van der Waals surface area contributed by atoms with Gasteiger partial charge in [0, 0.05) is 18.7 Å². The fraction of sp³-hybridized carbons (Fsp3) is 0.562. The van der Waals surface area contributed by atoms with Gasteiger partial charge in [-0.1, -0.05) is 0 Å². The van der Waals surface area contributed by atoms with Crippen molar-refractivity contribution in [3.05, 3.63) is 28.3 Å². The molecule has 0 aromatic heterocycles. The van der Waals surface area contributed by atoms with Crippen molar-refractivity contribution in [3.8, 4) is 5.75 Å². The molecule has 0 bridgehead atoms. The number of nitrogens with zero attached hydrogens (tertiary/aromatic N) is 2. The maximum Gasteiger partial charge on any atom is 0.271 e. The molecule has 0 spiro atoms. The van der Waals surface area contributed by atoms with E-state index in [1.54, 1.807) is 6.92 Å². The van der Waals surface area contributed by atoms with Crippen LogP contribution >= 0.6 is 0 Å². The lowest BCUT2D eigenvalue weighted by Crippen LogP contribution is -2.46. The molecule has 1 aliphatic heterocycles. The van der Waals surface area contributed by atoms with Gasteiger partial charge in [-0.3, -0.25) is 19.8 Å². The van der Waals surface area contributed by atoms with Gasteiger partial charge < -0.3 is 15.2 Å². The highest BCUT2D eigenvalue weighted by Gasteiger charge is 2.27. The Hall–Kier alpha value is -2.19. The molecule has 0 aliphatic carbocycles. The van der Waals surface area contributed by atoms with Crippen molar-refractivity contribution in [1.82, 2.24) is 4.90 Å². The molecule has 1 amide bonds. The second-order valence-electron chi connectivity index (χ2n) is 5.97. The van der Waals surface area contributed by atoms with E-state index in [1.807, 2.05) is 4.90 Å². The number of hydrogen-bond donors (Lipinski definition) is 2. The van der Waals surface area contributed by atoms with Gasteiger partial charge in [0.25, 0.3) is 5.69 Å². The summed E-state index contributed by atoms with van der Waals surface area (Å²) in [7, 11) is 1.44. The van der Waals surface area contributed by atoms with Gasteiger partial charge in [0.1, 0.15) is 5.75 Å². The molecule has 2 N–H and O–H groups in total. The summed E-state index contributed by atoms with van der Waals surface area (Å²) in [5.41, 5.74) is 0.177. The highest BCUT2D eigenvalue weighted by molar-refractivity contribution is 5.96. The lowest BCUT2D eigenvalue weighted by molar-refractivity contribution is -0.384. The number of nitro benzene ring substituents is 1. The molecule has 1 aromatic rings. The van der Waals surface area contributed by atoms with Crippen LogP contribution in [0.2, 0.25) is 0 Å². The van der Waals surface area contributed by atoms with E-state index in [1.165, 1.54) is 25.3 Å². The van der Waals surface area contributed by atoms with E-state index in [2.05, 4.69) is 5.32 Å². The molecule has 132 valence electrons. The van der Waals surface area contributed by atoms with Crippen LogP contribution in [0.25, 0.3) is 0 Å². The number of benzene rings is 1. The molecular weight excluding hydrogens is 314 g/mol. The predicted molar refractivity (Wildman–Crippen MR) is 89.1 cm³/mol. The molecule has 1 heterocycles. The van der Waals surface area contributed by atoms with Crippen molar-refractivity contribution in [3.63, 3.8) is 0 Å². The third-order valence-corrected chi connectivity index (χ3v) is 4.49. The van der Waals surface area contributed by atoms with Gasteiger partial charge in [0.05, 0.1) is 23.8 Å². The normalized spacial score (nSPS) is 17.3. The first-order chi connectivity index (χ1) is 11.5. The number of rotatable bonds is 6. The van der Waals surface area contributed by atoms with E-state index in [9.17, 15) is 20.0 Å². The summed E-state index contributed by atoms with van der Waals surface area (Å²) < 4.78 is 5.16. The summed E-state index contributed by atoms with van der Waals surface area (Å²) in [6, 6.07) is 3.72. The fourth-order valence-electron chi connectivity index (χ4n) is 2.83. The van der Waals surface area contributed by atoms with Crippen LogP contribution in [0, 0.1) is 16.0 Å². The Morgan fingerprint density at radius 1 is 1.50 bits per heavy atom. The SMILES string of the molecule is COc1ccc([N+](=O)[O-])cc1NC(=O)C(C)N1CCC(CO)CC1. The first-order valence-electron chi connectivity index (χ1n) is 7.94. The minimum Gasteiger partial charge on any atom is -0.495 e. The van der Waals surface area contributed by atoms with Gasteiger partial charge in [0.2, 0.25) is 5.91 Å². The average molecular weight is 337 g/mol. The number of amides is 1. The maximum absolute atomic E-state index is 12.5. The van der Waals surface area contributed by atoms with Gasteiger partial charge in [0.15, 0.2) is 0 Å². The van der Waals surface area contributed by atoms with Crippen LogP contribution in [0.5, 0.6) is 5.75 Å². The third-order valence-electron chi connectivity index (χ3n) is 4.49. The first kappa shape index (κ1) is 18.2. The fourth-order valence-corrected chi connectivity index (χ4v) is 2.83. The van der Waals surface area contributed by atoms with Gasteiger partial charge in [-0.2, -0.15) is 0 Å². The molecular formula is C16H23N3O5. The number of anilines is 1. The van der Waals surface area contributed by atoms with Crippen molar-refractivity contribution in [2.45, 2.75) is 25.8 Å². The molecule has 1 aromatic carbocycles. The first-order valence-corrected chi connectivity index (χ1v) is 7.94. The number of hydrogen-bond acceptors (Lipinski definition) is 6. The molecule has 8 nitrogen and oxygen atoms in total. The summed E-state index contributed by atoms with van der Waals surface area (Å²) in [5, 5.41) is 22.8. The smallest absolute Gasteiger partial charge is 0.271 e. The quantitative estimate of drug-likeness (QED) is 0.604. The molecule has 1 atom stereocenters. The van der Waals surface area contributed by atoms with Crippen LogP contribution in [-0.2, 0) is 4.79 Å². The van der Waals surface area contributed by atoms with E-state index in [4.69, 9.17) is 4.74 Å². The molecule has 0 saturated carbocycles. The number of methoxy groups -OCH3 is 1. The van der Waals surface area contributed by atoms with E-state index >= 15 is 0 Å². The molecule has 1 saturated heterocycles. The number of non-ortho nitro benzene ring substituents is 1.